The molecule has 10 nitrogen and oxygen atoms in total. The summed E-state index contributed by atoms with van der Waals surface area (Å²) in [7, 11) is -7.53. The predicted octanol–water partition coefficient (Wildman–Crippen LogP) is 1.97. The first-order chi connectivity index (χ1) is 16.0. The van der Waals surface area contributed by atoms with Gasteiger partial charge in [-0.2, -0.15) is 0 Å². The SMILES string of the molecule is O=C(O)/C(CCCNS(=O)(=O)c1ccccc1)=C(\CCCNS(=O)(=O)c1ccccc1)C(=O)O. The quantitative estimate of drug-likeness (QED) is 0.221. The second-order valence-corrected chi connectivity index (χ2v) is 10.7. The number of carboxylic acids is 2. The van der Waals surface area contributed by atoms with Gasteiger partial charge in [0.25, 0.3) is 0 Å². The number of rotatable bonds is 14. The minimum absolute atomic E-state index is 0.0606. The number of sulfonamides is 2. The largest absolute Gasteiger partial charge is 0.478 e. The summed E-state index contributed by atoms with van der Waals surface area (Å²) in [6, 6.07) is 15.3. The maximum absolute atomic E-state index is 12.2. The Morgan fingerprint density at radius 2 is 0.941 bits per heavy atom. The van der Waals surface area contributed by atoms with Gasteiger partial charge in [-0.15, -0.1) is 0 Å². The van der Waals surface area contributed by atoms with Crippen LogP contribution in [0.2, 0.25) is 0 Å². The van der Waals surface area contributed by atoms with Crippen molar-refractivity contribution < 1.29 is 36.6 Å². The van der Waals surface area contributed by atoms with E-state index in [4.69, 9.17) is 0 Å². The van der Waals surface area contributed by atoms with E-state index in [0.29, 0.717) is 0 Å². The maximum Gasteiger partial charge on any atom is 0.332 e. The normalized spacial score (nSPS) is 12.7. The zero-order valence-corrected chi connectivity index (χ0v) is 19.8. The molecule has 0 aliphatic carbocycles. The number of benzene rings is 2. The average molecular weight is 511 g/mol. The number of nitrogens with one attached hydrogen (secondary N) is 2. The lowest BCUT2D eigenvalue weighted by Crippen LogP contribution is -2.25. The summed E-state index contributed by atoms with van der Waals surface area (Å²) < 4.78 is 53.6. The molecule has 4 N–H and O–H groups in total. The van der Waals surface area contributed by atoms with Gasteiger partial charge < -0.3 is 10.2 Å². The molecule has 0 aliphatic heterocycles. The van der Waals surface area contributed by atoms with E-state index >= 15 is 0 Å². The number of hydrogen-bond donors (Lipinski definition) is 4. The fraction of sp³-hybridized carbons (Fsp3) is 0.273. The van der Waals surface area contributed by atoms with Gasteiger partial charge in [-0.3, -0.25) is 0 Å². The third-order valence-electron chi connectivity index (χ3n) is 4.78. The van der Waals surface area contributed by atoms with Gasteiger partial charge in [0.2, 0.25) is 20.0 Å². The van der Waals surface area contributed by atoms with Crippen molar-refractivity contribution in [3.05, 3.63) is 71.8 Å². The van der Waals surface area contributed by atoms with Crippen LogP contribution in [-0.4, -0.2) is 52.1 Å². The fourth-order valence-electron chi connectivity index (χ4n) is 3.08. The molecule has 2 rings (SSSR count). The summed E-state index contributed by atoms with van der Waals surface area (Å²) in [4.78, 5) is 23.5. The molecule has 0 amide bonds. The summed E-state index contributed by atoms with van der Waals surface area (Å²) in [5.74, 6) is -2.85. The zero-order valence-electron chi connectivity index (χ0n) is 18.2. The Bertz CT molecular complexity index is 1130. The van der Waals surface area contributed by atoms with Gasteiger partial charge in [0.05, 0.1) is 9.79 Å². The van der Waals surface area contributed by atoms with E-state index < -0.39 is 32.0 Å². The minimum Gasteiger partial charge on any atom is -0.478 e. The van der Waals surface area contributed by atoms with Crippen LogP contribution in [0.25, 0.3) is 0 Å². The lowest BCUT2D eigenvalue weighted by molar-refractivity contribution is -0.136. The molecule has 184 valence electrons. The molecule has 0 radical (unpaired) electrons. The van der Waals surface area contributed by atoms with Crippen LogP contribution in [0.5, 0.6) is 0 Å². The molecule has 0 aromatic heterocycles. The average Bonchev–Trinajstić information content (AvgIpc) is 2.80. The zero-order chi connectivity index (χ0) is 25.2. The van der Waals surface area contributed by atoms with Crippen LogP contribution in [0.4, 0.5) is 0 Å². The van der Waals surface area contributed by atoms with Crippen LogP contribution in [0.3, 0.4) is 0 Å². The molecular formula is C22H26N2O8S2. The lowest BCUT2D eigenvalue weighted by Gasteiger charge is -2.11. The highest BCUT2D eigenvalue weighted by atomic mass is 32.2. The number of carboxylic acid groups (broad SMARTS) is 2. The molecule has 0 aliphatic rings. The van der Waals surface area contributed by atoms with Crippen molar-refractivity contribution in [2.45, 2.75) is 35.5 Å². The van der Waals surface area contributed by atoms with Crippen molar-refractivity contribution in [1.29, 1.82) is 0 Å². The Morgan fingerprint density at radius 1 is 0.618 bits per heavy atom. The molecule has 0 heterocycles. The van der Waals surface area contributed by atoms with Gasteiger partial charge in [0.15, 0.2) is 0 Å². The number of carbonyl (C=O) groups is 2. The monoisotopic (exact) mass is 510 g/mol. The van der Waals surface area contributed by atoms with Crippen LogP contribution >= 0.6 is 0 Å². The third-order valence-corrected chi connectivity index (χ3v) is 7.73. The van der Waals surface area contributed by atoms with E-state index in [9.17, 15) is 36.6 Å². The van der Waals surface area contributed by atoms with Crippen molar-refractivity contribution in [2.75, 3.05) is 13.1 Å². The van der Waals surface area contributed by atoms with Crippen LogP contribution in [-0.2, 0) is 29.6 Å². The van der Waals surface area contributed by atoms with E-state index in [1.165, 1.54) is 24.3 Å². The molecule has 0 saturated heterocycles. The van der Waals surface area contributed by atoms with E-state index in [1.807, 2.05) is 0 Å². The van der Waals surface area contributed by atoms with Gasteiger partial charge in [-0.05, 0) is 49.9 Å². The Hall–Kier alpha value is -3.06. The van der Waals surface area contributed by atoms with Gasteiger partial charge in [0.1, 0.15) is 0 Å². The third kappa shape index (κ3) is 8.06. The Balaban J connectivity index is 1.96. The Labute approximate surface area is 198 Å². The van der Waals surface area contributed by atoms with Crippen molar-refractivity contribution in [3.63, 3.8) is 0 Å². The summed E-state index contributed by atoms with van der Waals surface area (Å²) in [5, 5.41) is 19.0. The van der Waals surface area contributed by atoms with Crippen molar-refractivity contribution in [2.24, 2.45) is 0 Å². The summed E-state index contributed by atoms with van der Waals surface area (Å²) in [5.41, 5.74) is -0.699. The molecule has 34 heavy (non-hydrogen) atoms. The number of aliphatic carboxylic acids is 2. The maximum atomic E-state index is 12.2. The Kier molecular flexibility index (Phi) is 9.93. The van der Waals surface area contributed by atoms with Gasteiger partial charge in [0, 0.05) is 24.2 Å². The van der Waals surface area contributed by atoms with Gasteiger partial charge in [-0.1, -0.05) is 36.4 Å². The summed E-state index contributed by atoms with van der Waals surface area (Å²) in [6.45, 7) is -0.171. The molecule has 0 bridgehead atoms. The summed E-state index contributed by atoms with van der Waals surface area (Å²) >= 11 is 0. The molecule has 0 saturated carbocycles. The molecule has 0 fully saturated rings. The van der Waals surface area contributed by atoms with E-state index in [2.05, 4.69) is 9.44 Å². The smallest absolute Gasteiger partial charge is 0.332 e. The number of hydrogen-bond acceptors (Lipinski definition) is 6. The standard InChI is InChI=1S/C22H26N2O8S2/c25-21(26)19(13-7-15-23-33(29,30)17-9-3-1-4-10-17)20(22(27)28)14-8-16-24-34(31,32)18-11-5-2-6-12-18/h1-6,9-12,23-24H,7-8,13-16H2,(H,25,26)(H,27,28)/b20-19+. The molecule has 0 atom stereocenters. The minimum atomic E-state index is -3.76. The van der Waals surface area contributed by atoms with Crippen LogP contribution < -0.4 is 9.44 Å². The van der Waals surface area contributed by atoms with Crippen LogP contribution in [0.1, 0.15) is 25.7 Å². The highest BCUT2D eigenvalue weighted by Gasteiger charge is 2.21. The van der Waals surface area contributed by atoms with E-state index in [1.54, 1.807) is 36.4 Å². The molecule has 2 aromatic carbocycles. The fourth-order valence-corrected chi connectivity index (χ4v) is 5.27. The first-order valence-electron chi connectivity index (χ1n) is 10.3. The predicted molar refractivity (Wildman–Crippen MR) is 124 cm³/mol. The van der Waals surface area contributed by atoms with E-state index in [0.717, 1.165) is 0 Å². The Morgan fingerprint density at radius 3 is 1.24 bits per heavy atom. The lowest BCUT2D eigenvalue weighted by atomic mass is 9.99. The highest BCUT2D eigenvalue weighted by Crippen LogP contribution is 2.18. The van der Waals surface area contributed by atoms with Crippen LogP contribution in [0, 0.1) is 0 Å². The van der Waals surface area contributed by atoms with Crippen molar-refractivity contribution in [3.8, 4) is 0 Å². The first-order valence-corrected chi connectivity index (χ1v) is 13.3. The van der Waals surface area contributed by atoms with Crippen molar-refractivity contribution in [1.82, 2.24) is 9.44 Å². The molecular weight excluding hydrogens is 484 g/mol. The summed E-state index contributed by atoms with van der Waals surface area (Å²) in [6.07, 6.45) is -0.232. The second-order valence-electron chi connectivity index (χ2n) is 7.20. The first kappa shape index (κ1) is 27.2. The van der Waals surface area contributed by atoms with Gasteiger partial charge >= 0.3 is 11.9 Å². The topological polar surface area (TPSA) is 167 Å². The van der Waals surface area contributed by atoms with Crippen LogP contribution in [0.15, 0.2) is 81.6 Å². The molecule has 12 heteroatoms. The van der Waals surface area contributed by atoms with E-state index in [-0.39, 0.29) is 59.7 Å². The van der Waals surface area contributed by atoms with Crippen molar-refractivity contribution >= 4 is 32.0 Å². The van der Waals surface area contributed by atoms with Gasteiger partial charge in [-0.25, -0.2) is 35.9 Å². The molecule has 0 spiro atoms. The molecule has 2 aromatic rings. The highest BCUT2D eigenvalue weighted by molar-refractivity contribution is 7.89. The second kappa shape index (κ2) is 12.4. The molecule has 0 unspecified atom stereocenters.